The van der Waals surface area contributed by atoms with E-state index < -0.39 is 11.7 Å². The zero-order valence-electron chi connectivity index (χ0n) is 11.3. The molecule has 0 aliphatic rings. The maximum absolute atomic E-state index is 12.9. The molecule has 4 nitrogen and oxygen atoms in total. The molecule has 19 heavy (non-hydrogen) atoms. The van der Waals surface area contributed by atoms with Gasteiger partial charge in [-0.15, -0.1) is 0 Å². The van der Waals surface area contributed by atoms with Gasteiger partial charge in [-0.1, -0.05) is 12.1 Å². The minimum atomic E-state index is -0.639. The Morgan fingerprint density at radius 2 is 2.00 bits per heavy atom. The van der Waals surface area contributed by atoms with Crippen molar-refractivity contribution in [1.29, 1.82) is 0 Å². The van der Waals surface area contributed by atoms with Gasteiger partial charge < -0.3 is 10.1 Å². The first-order valence-corrected chi connectivity index (χ1v) is 5.99. The lowest BCUT2D eigenvalue weighted by Gasteiger charge is -2.19. The van der Waals surface area contributed by atoms with Crippen LogP contribution in [0.1, 0.15) is 26.3 Å². The number of hydrogen-bond acceptors (Lipinski definition) is 3. The predicted molar refractivity (Wildman–Crippen MR) is 69.3 cm³/mol. The van der Waals surface area contributed by atoms with Crippen molar-refractivity contribution >= 4 is 11.9 Å². The molecule has 1 aromatic carbocycles. The van der Waals surface area contributed by atoms with Gasteiger partial charge in [-0.3, -0.25) is 4.79 Å². The summed E-state index contributed by atoms with van der Waals surface area (Å²) in [5.74, 6) is -0.595. The van der Waals surface area contributed by atoms with E-state index in [1.165, 1.54) is 12.1 Å². The Balaban J connectivity index is 2.38. The molecule has 0 fully saturated rings. The number of ketones is 1. The molecule has 0 unspecified atom stereocenters. The van der Waals surface area contributed by atoms with Crippen molar-refractivity contribution in [3.63, 3.8) is 0 Å². The molecule has 0 aliphatic carbocycles. The van der Waals surface area contributed by atoms with Crippen molar-refractivity contribution in [3.05, 3.63) is 35.6 Å². The second-order valence-electron chi connectivity index (χ2n) is 5.20. The van der Waals surface area contributed by atoms with Crippen molar-refractivity contribution in [3.8, 4) is 0 Å². The Kier molecular flexibility index (Phi) is 5.03. The highest BCUT2D eigenvalue weighted by Crippen LogP contribution is 2.07. The largest absolute Gasteiger partial charge is 0.444 e. The lowest BCUT2D eigenvalue weighted by Crippen LogP contribution is -2.35. The van der Waals surface area contributed by atoms with Crippen LogP contribution in [0.5, 0.6) is 0 Å². The topological polar surface area (TPSA) is 55.4 Å². The van der Waals surface area contributed by atoms with Gasteiger partial charge >= 0.3 is 6.09 Å². The highest BCUT2D eigenvalue weighted by atomic mass is 19.1. The predicted octanol–water partition coefficient (Wildman–Crippen LogP) is 2.46. The maximum atomic E-state index is 12.9. The third-order valence-electron chi connectivity index (χ3n) is 2.12. The van der Waals surface area contributed by atoms with Gasteiger partial charge in [0.15, 0.2) is 5.78 Å². The van der Waals surface area contributed by atoms with E-state index in [-0.39, 0.29) is 24.6 Å². The van der Waals surface area contributed by atoms with Crippen molar-refractivity contribution in [1.82, 2.24) is 5.32 Å². The molecule has 1 aromatic rings. The first-order valence-electron chi connectivity index (χ1n) is 5.99. The van der Waals surface area contributed by atoms with Gasteiger partial charge in [0.05, 0.1) is 6.54 Å². The van der Waals surface area contributed by atoms with Crippen LogP contribution >= 0.6 is 0 Å². The number of benzene rings is 1. The van der Waals surface area contributed by atoms with Gasteiger partial charge in [-0.2, -0.15) is 0 Å². The maximum Gasteiger partial charge on any atom is 0.408 e. The molecule has 0 aliphatic heterocycles. The van der Waals surface area contributed by atoms with Gasteiger partial charge in [0.1, 0.15) is 11.4 Å². The number of Topliss-reactive ketones (excluding diaryl/α,β-unsaturated/α-hetero) is 1. The van der Waals surface area contributed by atoms with Crippen LogP contribution in [0, 0.1) is 5.82 Å². The summed E-state index contributed by atoms with van der Waals surface area (Å²) in [6, 6.07) is 5.81. The highest BCUT2D eigenvalue weighted by molar-refractivity contribution is 5.85. The molecule has 0 heterocycles. The fraction of sp³-hybridized carbons (Fsp3) is 0.429. The number of nitrogens with one attached hydrogen (secondary N) is 1. The molecule has 0 atom stereocenters. The van der Waals surface area contributed by atoms with Gasteiger partial charge in [0.25, 0.3) is 0 Å². The van der Waals surface area contributed by atoms with E-state index in [1.807, 2.05) is 0 Å². The summed E-state index contributed by atoms with van der Waals surface area (Å²) in [7, 11) is 0. The van der Waals surface area contributed by atoms with Crippen molar-refractivity contribution < 1.29 is 18.7 Å². The molecule has 0 bridgehead atoms. The molecule has 0 aromatic heterocycles. The Labute approximate surface area is 112 Å². The molecular formula is C14H18FNO3. The van der Waals surface area contributed by atoms with Crippen molar-refractivity contribution in [2.24, 2.45) is 0 Å². The van der Waals surface area contributed by atoms with Crippen LogP contribution < -0.4 is 5.32 Å². The van der Waals surface area contributed by atoms with Gasteiger partial charge in [0.2, 0.25) is 0 Å². The second kappa shape index (κ2) is 6.31. The zero-order chi connectivity index (χ0) is 14.5. The number of hydrogen-bond donors (Lipinski definition) is 1. The number of carbonyl (C=O) groups is 2. The number of amides is 1. The normalized spacial score (nSPS) is 10.9. The van der Waals surface area contributed by atoms with E-state index >= 15 is 0 Å². The fourth-order valence-corrected chi connectivity index (χ4v) is 1.42. The summed E-state index contributed by atoms with van der Waals surface area (Å²) >= 11 is 0. The number of carbonyl (C=O) groups excluding carboxylic acids is 2. The van der Waals surface area contributed by atoms with Crippen LogP contribution in [0.15, 0.2) is 24.3 Å². The molecular weight excluding hydrogens is 249 g/mol. The number of alkyl carbamates (subject to hydrolysis) is 1. The van der Waals surface area contributed by atoms with E-state index in [4.69, 9.17) is 4.74 Å². The zero-order valence-corrected chi connectivity index (χ0v) is 11.3. The third-order valence-corrected chi connectivity index (χ3v) is 2.12. The van der Waals surface area contributed by atoms with Crippen LogP contribution in [-0.2, 0) is 16.0 Å². The molecule has 1 amide bonds. The van der Waals surface area contributed by atoms with E-state index in [1.54, 1.807) is 32.9 Å². The van der Waals surface area contributed by atoms with Crippen molar-refractivity contribution in [2.45, 2.75) is 32.8 Å². The summed E-state index contributed by atoms with van der Waals surface area (Å²) in [6.07, 6.45) is -0.562. The first-order chi connectivity index (χ1) is 8.76. The third kappa shape index (κ3) is 6.55. The van der Waals surface area contributed by atoms with Gasteiger partial charge in [0, 0.05) is 6.42 Å². The van der Waals surface area contributed by atoms with Gasteiger partial charge in [-0.05, 0) is 38.5 Å². The van der Waals surface area contributed by atoms with E-state index in [2.05, 4.69) is 5.32 Å². The summed E-state index contributed by atoms with van der Waals surface area (Å²) in [5, 5.41) is 2.37. The van der Waals surface area contributed by atoms with Crippen molar-refractivity contribution in [2.75, 3.05) is 6.54 Å². The summed E-state index contributed by atoms with van der Waals surface area (Å²) in [4.78, 5) is 22.9. The highest BCUT2D eigenvalue weighted by Gasteiger charge is 2.16. The van der Waals surface area contributed by atoms with Crippen LogP contribution in [0.3, 0.4) is 0 Å². The number of ether oxygens (including phenoxy) is 1. The molecule has 104 valence electrons. The smallest absolute Gasteiger partial charge is 0.408 e. The Morgan fingerprint density at radius 1 is 1.32 bits per heavy atom. The van der Waals surface area contributed by atoms with E-state index in [0.717, 1.165) is 0 Å². The lowest BCUT2D eigenvalue weighted by molar-refractivity contribution is -0.117. The van der Waals surface area contributed by atoms with Crippen LogP contribution in [-0.4, -0.2) is 24.0 Å². The lowest BCUT2D eigenvalue weighted by atomic mass is 10.1. The quantitative estimate of drug-likeness (QED) is 0.911. The Morgan fingerprint density at radius 3 is 2.58 bits per heavy atom. The van der Waals surface area contributed by atoms with Gasteiger partial charge in [-0.25, -0.2) is 9.18 Å². The minimum Gasteiger partial charge on any atom is -0.444 e. The van der Waals surface area contributed by atoms with Crippen LogP contribution in [0.25, 0.3) is 0 Å². The van der Waals surface area contributed by atoms with E-state index in [9.17, 15) is 14.0 Å². The molecule has 0 radical (unpaired) electrons. The van der Waals surface area contributed by atoms with Crippen LogP contribution in [0.4, 0.5) is 9.18 Å². The molecule has 0 saturated heterocycles. The molecule has 0 spiro atoms. The fourth-order valence-electron chi connectivity index (χ4n) is 1.42. The number of halogens is 1. The summed E-state index contributed by atoms with van der Waals surface area (Å²) in [5.41, 5.74) is -0.0219. The average Bonchev–Trinajstić information content (AvgIpc) is 2.24. The average molecular weight is 267 g/mol. The molecule has 5 heteroatoms. The standard InChI is InChI=1S/C14H18FNO3/c1-14(2,3)19-13(18)16-9-12(17)8-10-5-4-6-11(15)7-10/h4-7H,8-9H2,1-3H3,(H,16,18). The number of rotatable bonds is 4. The van der Waals surface area contributed by atoms with E-state index in [0.29, 0.717) is 5.56 Å². The Hall–Kier alpha value is -1.91. The summed E-state index contributed by atoms with van der Waals surface area (Å²) in [6.45, 7) is 5.08. The van der Waals surface area contributed by atoms with Crippen LogP contribution in [0.2, 0.25) is 0 Å². The minimum absolute atomic E-state index is 0.0769. The molecule has 0 saturated carbocycles. The second-order valence-corrected chi connectivity index (χ2v) is 5.20. The molecule has 1 N–H and O–H groups in total. The first kappa shape index (κ1) is 15.1. The SMILES string of the molecule is CC(C)(C)OC(=O)NCC(=O)Cc1cccc(F)c1. The molecule has 1 rings (SSSR count). The Bertz CT molecular complexity index is 466. The summed E-state index contributed by atoms with van der Waals surface area (Å²) < 4.78 is 17.9. The monoisotopic (exact) mass is 267 g/mol.